The first-order chi connectivity index (χ1) is 9.44. The van der Waals surface area contributed by atoms with E-state index < -0.39 is 10.0 Å². The highest BCUT2D eigenvalue weighted by Gasteiger charge is 2.19. The predicted molar refractivity (Wildman–Crippen MR) is 80.5 cm³/mol. The Morgan fingerprint density at radius 1 is 1.10 bits per heavy atom. The normalized spacial score (nSPS) is 11.2. The fraction of sp³-hybridized carbons (Fsp3) is 0.214. The Balaban J connectivity index is 2.41. The van der Waals surface area contributed by atoms with Crippen LogP contribution in [0.1, 0.15) is 11.1 Å². The summed E-state index contributed by atoms with van der Waals surface area (Å²) in [7, 11) is -1.99. The maximum atomic E-state index is 12.4. The van der Waals surface area contributed by atoms with E-state index in [1.54, 1.807) is 25.4 Å². The molecule has 0 unspecified atom stereocenters. The van der Waals surface area contributed by atoms with Gasteiger partial charge in [0.1, 0.15) is 4.90 Å². The molecule has 0 bridgehead atoms. The van der Waals surface area contributed by atoms with E-state index in [1.165, 1.54) is 6.20 Å². The predicted octanol–water partition coefficient (Wildman–Crippen LogP) is 2.54. The summed E-state index contributed by atoms with van der Waals surface area (Å²) in [5.41, 5.74) is 3.05. The number of benzene rings is 1. The smallest absolute Gasteiger partial charge is 0.265 e. The first kappa shape index (κ1) is 14.3. The van der Waals surface area contributed by atoms with E-state index in [-0.39, 0.29) is 4.90 Å². The molecule has 0 spiro atoms. The van der Waals surface area contributed by atoms with Gasteiger partial charge >= 0.3 is 0 Å². The van der Waals surface area contributed by atoms with E-state index in [9.17, 15) is 8.42 Å². The summed E-state index contributed by atoms with van der Waals surface area (Å²) in [4.78, 5) is 4.01. The number of nitrogens with zero attached hydrogens (tertiary/aromatic N) is 1. The monoisotopic (exact) mass is 291 g/mol. The Kier molecular flexibility index (Phi) is 3.94. The molecule has 0 radical (unpaired) electrons. The van der Waals surface area contributed by atoms with Gasteiger partial charge in [-0.1, -0.05) is 17.7 Å². The average Bonchev–Trinajstić information content (AvgIpc) is 2.42. The molecule has 0 aliphatic heterocycles. The van der Waals surface area contributed by atoms with Gasteiger partial charge in [0.25, 0.3) is 10.0 Å². The summed E-state index contributed by atoms with van der Waals surface area (Å²) in [6.07, 6.45) is 2.87. The first-order valence-electron chi connectivity index (χ1n) is 6.16. The number of anilines is 2. The summed E-state index contributed by atoms with van der Waals surface area (Å²) in [5.74, 6) is 0. The number of nitrogens with one attached hydrogen (secondary N) is 2. The van der Waals surface area contributed by atoms with Crippen molar-refractivity contribution in [3.8, 4) is 0 Å². The molecular weight excluding hydrogens is 274 g/mol. The number of rotatable bonds is 4. The topological polar surface area (TPSA) is 71.1 Å². The Morgan fingerprint density at radius 2 is 1.85 bits per heavy atom. The second-order valence-corrected chi connectivity index (χ2v) is 6.20. The molecule has 0 saturated heterocycles. The molecule has 1 aromatic carbocycles. The van der Waals surface area contributed by atoms with Crippen LogP contribution in [0.3, 0.4) is 0 Å². The molecule has 1 aromatic heterocycles. The molecule has 5 nitrogen and oxygen atoms in total. The van der Waals surface area contributed by atoms with Gasteiger partial charge in [0.15, 0.2) is 0 Å². The maximum absolute atomic E-state index is 12.4. The third kappa shape index (κ3) is 2.91. The minimum Gasteiger partial charge on any atom is -0.387 e. The molecule has 106 valence electrons. The molecule has 2 rings (SSSR count). The minimum atomic E-state index is -3.67. The molecule has 0 saturated carbocycles. The van der Waals surface area contributed by atoms with Crippen molar-refractivity contribution in [3.63, 3.8) is 0 Å². The van der Waals surface area contributed by atoms with Gasteiger partial charge in [0.05, 0.1) is 11.4 Å². The number of hydrogen-bond donors (Lipinski definition) is 2. The zero-order chi connectivity index (χ0) is 14.8. The molecule has 0 aliphatic carbocycles. The number of hydrogen-bond acceptors (Lipinski definition) is 4. The summed E-state index contributed by atoms with van der Waals surface area (Å²) in [5, 5.41) is 2.85. The Morgan fingerprint density at radius 3 is 2.50 bits per heavy atom. The third-order valence-electron chi connectivity index (χ3n) is 2.97. The van der Waals surface area contributed by atoms with Crippen LogP contribution < -0.4 is 10.0 Å². The fourth-order valence-electron chi connectivity index (χ4n) is 1.93. The van der Waals surface area contributed by atoms with Gasteiger partial charge < -0.3 is 5.32 Å². The zero-order valence-corrected chi connectivity index (χ0v) is 12.5. The SMILES string of the molecule is CNc1ccncc1S(=O)(=O)Nc1ccc(C)cc1C. The van der Waals surface area contributed by atoms with Gasteiger partial charge in [-0.05, 0) is 31.5 Å². The van der Waals surface area contributed by atoms with Crippen molar-refractivity contribution in [2.75, 3.05) is 17.1 Å². The lowest BCUT2D eigenvalue weighted by atomic mass is 10.1. The minimum absolute atomic E-state index is 0.127. The van der Waals surface area contributed by atoms with Gasteiger partial charge in [-0.2, -0.15) is 0 Å². The highest BCUT2D eigenvalue weighted by atomic mass is 32.2. The average molecular weight is 291 g/mol. The van der Waals surface area contributed by atoms with Gasteiger partial charge in [0.2, 0.25) is 0 Å². The van der Waals surface area contributed by atoms with E-state index in [4.69, 9.17) is 0 Å². The van der Waals surface area contributed by atoms with Crippen LogP contribution in [0.2, 0.25) is 0 Å². The lowest BCUT2D eigenvalue weighted by Crippen LogP contribution is -2.15. The lowest BCUT2D eigenvalue weighted by molar-refractivity contribution is 0.601. The molecule has 0 fully saturated rings. The van der Waals surface area contributed by atoms with E-state index in [2.05, 4.69) is 15.0 Å². The van der Waals surface area contributed by atoms with E-state index in [0.29, 0.717) is 11.4 Å². The van der Waals surface area contributed by atoms with Crippen LogP contribution in [0.4, 0.5) is 11.4 Å². The largest absolute Gasteiger partial charge is 0.387 e. The van der Waals surface area contributed by atoms with Gasteiger partial charge in [-0.25, -0.2) is 8.42 Å². The fourth-order valence-corrected chi connectivity index (χ4v) is 3.22. The van der Waals surface area contributed by atoms with Crippen LogP contribution in [0.15, 0.2) is 41.6 Å². The van der Waals surface area contributed by atoms with Crippen molar-refractivity contribution < 1.29 is 8.42 Å². The van der Waals surface area contributed by atoms with Crippen LogP contribution in [0.5, 0.6) is 0 Å². The number of aryl methyl sites for hydroxylation is 2. The second kappa shape index (κ2) is 5.50. The number of aromatic nitrogens is 1. The van der Waals surface area contributed by atoms with Crippen molar-refractivity contribution in [2.24, 2.45) is 0 Å². The van der Waals surface area contributed by atoms with Crippen LogP contribution in [0, 0.1) is 13.8 Å². The highest BCUT2D eigenvalue weighted by molar-refractivity contribution is 7.92. The molecule has 1 heterocycles. The van der Waals surface area contributed by atoms with Crippen molar-refractivity contribution >= 4 is 21.4 Å². The molecule has 2 aromatic rings. The summed E-state index contributed by atoms with van der Waals surface area (Å²) in [6.45, 7) is 3.83. The molecule has 0 aliphatic rings. The molecule has 0 atom stereocenters. The molecule has 20 heavy (non-hydrogen) atoms. The zero-order valence-electron chi connectivity index (χ0n) is 11.6. The molecular formula is C14H17N3O2S. The Bertz CT molecular complexity index is 727. The van der Waals surface area contributed by atoms with Crippen molar-refractivity contribution in [2.45, 2.75) is 18.7 Å². The van der Waals surface area contributed by atoms with Crippen molar-refractivity contribution in [1.82, 2.24) is 4.98 Å². The number of sulfonamides is 1. The van der Waals surface area contributed by atoms with Crippen LogP contribution in [-0.4, -0.2) is 20.4 Å². The maximum Gasteiger partial charge on any atom is 0.265 e. The second-order valence-electron chi connectivity index (χ2n) is 4.55. The van der Waals surface area contributed by atoms with Crippen LogP contribution in [0.25, 0.3) is 0 Å². The standard InChI is InChI=1S/C14H17N3O2S/c1-10-4-5-12(11(2)8-10)17-20(18,19)14-9-16-7-6-13(14)15-3/h4-9,17H,1-3H3,(H,15,16). The third-order valence-corrected chi connectivity index (χ3v) is 4.36. The molecule has 2 N–H and O–H groups in total. The van der Waals surface area contributed by atoms with E-state index in [0.717, 1.165) is 11.1 Å². The Hall–Kier alpha value is -2.08. The summed E-state index contributed by atoms with van der Waals surface area (Å²) < 4.78 is 27.5. The highest BCUT2D eigenvalue weighted by Crippen LogP contribution is 2.24. The van der Waals surface area contributed by atoms with Crippen LogP contribution >= 0.6 is 0 Å². The van der Waals surface area contributed by atoms with E-state index >= 15 is 0 Å². The first-order valence-corrected chi connectivity index (χ1v) is 7.64. The van der Waals surface area contributed by atoms with E-state index in [1.807, 2.05) is 26.0 Å². The Labute approximate surface area is 119 Å². The van der Waals surface area contributed by atoms with Gasteiger partial charge in [-0.3, -0.25) is 9.71 Å². The molecule has 0 amide bonds. The number of pyridine rings is 1. The van der Waals surface area contributed by atoms with Crippen LogP contribution in [-0.2, 0) is 10.0 Å². The summed E-state index contributed by atoms with van der Waals surface area (Å²) >= 11 is 0. The quantitative estimate of drug-likeness (QED) is 0.908. The van der Waals surface area contributed by atoms with Gasteiger partial charge in [-0.15, -0.1) is 0 Å². The lowest BCUT2D eigenvalue weighted by Gasteiger charge is -2.13. The van der Waals surface area contributed by atoms with Gasteiger partial charge in [0, 0.05) is 19.4 Å². The van der Waals surface area contributed by atoms with Crippen molar-refractivity contribution in [1.29, 1.82) is 0 Å². The molecule has 6 heteroatoms. The summed E-state index contributed by atoms with van der Waals surface area (Å²) in [6, 6.07) is 7.18. The van der Waals surface area contributed by atoms with Crippen molar-refractivity contribution in [3.05, 3.63) is 47.8 Å².